The van der Waals surface area contributed by atoms with Crippen LogP contribution in [0.15, 0.2) is 12.7 Å². The van der Waals surface area contributed by atoms with E-state index in [4.69, 9.17) is 4.43 Å². The summed E-state index contributed by atoms with van der Waals surface area (Å²) in [5.74, 6) is 1.80. The van der Waals surface area contributed by atoms with Crippen LogP contribution >= 0.6 is 0 Å². The van der Waals surface area contributed by atoms with Gasteiger partial charge in [0.05, 0.1) is 5.60 Å². The Morgan fingerprint density at radius 3 is 2.81 bits per heavy atom. The van der Waals surface area contributed by atoms with E-state index in [0.29, 0.717) is 5.60 Å². The molecule has 0 aromatic heterocycles. The van der Waals surface area contributed by atoms with Gasteiger partial charge in [0.1, 0.15) is 0 Å². The number of rotatable bonds is 5. The molecular formula is C14H26OSi. The molecule has 2 fully saturated rings. The van der Waals surface area contributed by atoms with Crippen LogP contribution in [0.4, 0.5) is 0 Å². The second-order valence-corrected chi connectivity index (χ2v) is 11.0. The minimum absolute atomic E-state index is 0.328. The van der Waals surface area contributed by atoms with Gasteiger partial charge in [0.2, 0.25) is 0 Å². The Morgan fingerprint density at radius 1 is 1.44 bits per heavy atom. The Bertz CT molecular complexity index is 268. The van der Waals surface area contributed by atoms with Gasteiger partial charge in [-0.05, 0) is 63.6 Å². The molecule has 0 spiro atoms. The molecule has 0 bridgehead atoms. The third-order valence-electron chi connectivity index (χ3n) is 4.08. The van der Waals surface area contributed by atoms with Crippen LogP contribution in [0.25, 0.3) is 0 Å². The summed E-state index contributed by atoms with van der Waals surface area (Å²) in [6, 6.07) is 0. The van der Waals surface area contributed by atoms with E-state index in [1.54, 1.807) is 0 Å². The predicted molar refractivity (Wildman–Crippen MR) is 72.0 cm³/mol. The fraction of sp³-hybridized carbons (Fsp3) is 0.857. The second kappa shape index (κ2) is 4.30. The van der Waals surface area contributed by atoms with Gasteiger partial charge in [-0.25, -0.2) is 0 Å². The van der Waals surface area contributed by atoms with E-state index < -0.39 is 8.32 Å². The highest BCUT2D eigenvalue weighted by Gasteiger charge is 2.60. The van der Waals surface area contributed by atoms with Crippen LogP contribution in [0.3, 0.4) is 0 Å². The van der Waals surface area contributed by atoms with Crippen LogP contribution in [0.5, 0.6) is 0 Å². The van der Waals surface area contributed by atoms with Crippen molar-refractivity contribution in [3.05, 3.63) is 12.7 Å². The van der Waals surface area contributed by atoms with E-state index in [1.165, 1.54) is 38.5 Å². The molecule has 2 aliphatic carbocycles. The minimum atomic E-state index is -1.36. The first-order chi connectivity index (χ1) is 7.47. The molecule has 0 aromatic rings. The predicted octanol–water partition coefficient (Wildman–Crippen LogP) is 4.36. The fourth-order valence-electron chi connectivity index (χ4n) is 3.52. The van der Waals surface area contributed by atoms with Gasteiger partial charge in [-0.3, -0.25) is 0 Å². The molecule has 2 rings (SSSR count). The third kappa shape index (κ3) is 2.59. The first kappa shape index (κ1) is 12.4. The second-order valence-electron chi connectivity index (χ2n) is 6.61. The summed E-state index contributed by atoms with van der Waals surface area (Å²) in [6.45, 7) is 10.8. The highest BCUT2D eigenvalue weighted by molar-refractivity contribution is 6.69. The molecule has 0 aromatic carbocycles. The van der Waals surface area contributed by atoms with E-state index >= 15 is 0 Å². The van der Waals surface area contributed by atoms with Crippen molar-refractivity contribution in [2.75, 3.05) is 0 Å². The summed E-state index contributed by atoms with van der Waals surface area (Å²) in [5.41, 5.74) is 0.328. The average Bonchev–Trinajstić information content (AvgIpc) is 2.85. The zero-order chi connectivity index (χ0) is 11.8. The van der Waals surface area contributed by atoms with Crippen LogP contribution in [0, 0.1) is 11.8 Å². The first-order valence-electron chi connectivity index (χ1n) is 6.78. The summed E-state index contributed by atoms with van der Waals surface area (Å²) in [4.78, 5) is 0. The van der Waals surface area contributed by atoms with Crippen LogP contribution in [0.2, 0.25) is 19.6 Å². The van der Waals surface area contributed by atoms with E-state index in [1.807, 2.05) is 0 Å². The molecule has 2 saturated carbocycles. The SMILES string of the molecule is C=CCC[C@H]1CCC[C@]2(O[Si](C)(C)C)C[C@H]12. The van der Waals surface area contributed by atoms with Crippen molar-refractivity contribution in [2.45, 2.75) is 63.8 Å². The van der Waals surface area contributed by atoms with Crippen molar-refractivity contribution in [3.63, 3.8) is 0 Å². The Balaban J connectivity index is 1.93. The lowest BCUT2D eigenvalue weighted by molar-refractivity contribution is 0.0954. The molecule has 0 amide bonds. The van der Waals surface area contributed by atoms with Crippen LogP contribution in [0.1, 0.15) is 38.5 Å². The largest absolute Gasteiger partial charge is 0.412 e. The lowest BCUT2D eigenvalue weighted by Crippen LogP contribution is -2.37. The van der Waals surface area contributed by atoms with Gasteiger partial charge < -0.3 is 4.43 Å². The Kier molecular flexibility index (Phi) is 3.33. The molecule has 92 valence electrons. The lowest BCUT2D eigenvalue weighted by Gasteiger charge is -2.33. The normalized spacial score (nSPS) is 37.9. The standard InChI is InChI=1S/C14H26OSi/c1-5-6-8-12-9-7-10-14(11-13(12)14)15-16(2,3)4/h5,12-13H,1,6-11H2,2-4H3/t12-,13+,14-/m0/s1. The van der Waals surface area contributed by atoms with Gasteiger partial charge in [-0.1, -0.05) is 12.5 Å². The number of allylic oxidation sites excluding steroid dienone is 1. The number of hydrogen-bond donors (Lipinski definition) is 0. The van der Waals surface area contributed by atoms with E-state index in [9.17, 15) is 0 Å². The molecule has 2 heteroatoms. The van der Waals surface area contributed by atoms with E-state index in [2.05, 4.69) is 32.3 Å². The molecule has 0 saturated heterocycles. The molecule has 0 N–H and O–H groups in total. The van der Waals surface area contributed by atoms with Gasteiger partial charge in [0.25, 0.3) is 0 Å². The van der Waals surface area contributed by atoms with Crippen molar-refractivity contribution in [2.24, 2.45) is 11.8 Å². The number of fused-ring (bicyclic) bond motifs is 1. The summed E-state index contributed by atoms with van der Waals surface area (Å²) in [7, 11) is -1.36. The van der Waals surface area contributed by atoms with Gasteiger partial charge in [0, 0.05) is 0 Å². The van der Waals surface area contributed by atoms with Crippen molar-refractivity contribution in [1.82, 2.24) is 0 Å². The quantitative estimate of drug-likeness (QED) is 0.511. The zero-order valence-corrected chi connectivity index (χ0v) is 12.1. The summed E-state index contributed by atoms with van der Waals surface area (Å²) in [5, 5.41) is 0. The molecule has 0 radical (unpaired) electrons. The van der Waals surface area contributed by atoms with Gasteiger partial charge in [-0.15, -0.1) is 6.58 Å². The molecule has 2 aliphatic rings. The monoisotopic (exact) mass is 238 g/mol. The van der Waals surface area contributed by atoms with Crippen molar-refractivity contribution >= 4 is 8.32 Å². The van der Waals surface area contributed by atoms with Gasteiger partial charge in [-0.2, -0.15) is 0 Å². The van der Waals surface area contributed by atoms with Crippen LogP contribution in [-0.2, 0) is 4.43 Å². The highest BCUT2D eigenvalue weighted by atomic mass is 28.4. The fourth-order valence-corrected chi connectivity index (χ4v) is 5.07. The molecule has 16 heavy (non-hydrogen) atoms. The average molecular weight is 238 g/mol. The lowest BCUT2D eigenvalue weighted by atomic mass is 9.84. The van der Waals surface area contributed by atoms with Gasteiger partial charge >= 0.3 is 0 Å². The van der Waals surface area contributed by atoms with Crippen molar-refractivity contribution in [3.8, 4) is 0 Å². The Labute approximate surface area is 101 Å². The van der Waals surface area contributed by atoms with Crippen LogP contribution in [-0.4, -0.2) is 13.9 Å². The zero-order valence-electron chi connectivity index (χ0n) is 11.1. The Morgan fingerprint density at radius 2 is 2.19 bits per heavy atom. The maximum Gasteiger partial charge on any atom is 0.184 e. The van der Waals surface area contributed by atoms with Gasteiger partial charge in [0.15, 0.2) is 8.32 Å². The maximum absolute atomic E-state index is 6.46. The van der Waals surface area contributed by atoms with Crippen molar-refractivity contribution in [1.29, 1.82) is 0 Å². The maximum atomic E-state index is 6.46. The summed E-state index contributed by atoms with van der Waals surface area (Å²) >= 11 is 0. The molecule has 0 unspecified atom stereocenters. The molecule has 0 aliphatic heterocycles. The molecular weight excluding hydrogens is 212 g/mol. The Hall–Kier alpha value is -0.0831. The van der Waals surface area contributed by atoms with Crippen molar-refractivity contribution < 1.29 is 4.43 Å². The van der Waals surface area contributed by atoms with E-state index in [0.717, 1.165) is 11.8 Å². The smallest absolute Gasteiger partial charge is 0.184 e. The molecule has 1 nitrogen and oxygen atoms in total. The summed E-state index contributed by atoms with van der Waals surface area (Å²) < 4.78 is 6.46. The van der Waals surface area contributed by atoms with E-state index in [-0.39, 0.29) is 0 Å². The molecule has 0 heterocycles. The minimum Gasteiger partial charge on any atom is -0.412 e. The topological polar surface area (TPSA) is 9.23 Å². The summed E-state index contributed by atoms with van der Waals surface area (Å²) in [6.07, 6.45) is 10.1. The third-order valence-corrected chi connectivity index (χ3v) is 5.09. The first-order valence-corrected chi connectivity index (χ1v) is 10.2. The molecule has 3 atom stereocenters. The van der Waals surface area contributed by atoms with Crippen LogP contribution < -0.4 is 0 Å². The highest BCUT2D eigenvalue weighted by Crippen LogP contribution is 2.60. The number of hydrogen-bond acceptors (Lipinski definition) is 1.